The second-order valence-electron chi connectivity index (χ2n) is 4.19. The van der Waals surface area contributed by atoms with Crippen LogP contribution in [0, 0.1) is 0 Å². The minimum Gasteiger partial charge on any atom is -0.473 e. The van der Waals surface area contributed by atoms with E-state index in [0.717, 1.165) is 4.79 Å². The summed E-state index contributed by atoms with van der Waals surface area (Å²) < 4.78 is 5.48. The highest BCUT2D eigenvalue weighted by molar-refractivity contribution is 6.10. The normalized spacial score (nSPS) is 10.6. The van der Waals surface area contributed by atoms with Crippen molar-refractivity contribution in [2.45, 2.75) is 20.0 Å². The van der Waals surface area contributed by atoms with Crippen molar-refractivity contribution >= 4 is 5.78 Å². The Hall–Kier alpha value is -2.30. The van der Waals surface area contributed by atoms with Crippen LogP contribution in [-0.4, -0.2) is 21.8 Å². The zero-order chi connectivity index (χ0) is 13.1. The molecule has 1 aromatic carbocycles. The first kappa shape index (κ1) is 12.2. The summed E-state index contributed by atoms with van der Waals surface area (Å²) in [5.74, 6) is 5.66. The molecule has 94 valence electrons. The number of rotatable bonds is 4. The molecule has 5 heteroatoms. The van der Waals surface area contributed by atoms with Crippen molar-refractivity contribution in [1.82, 2.24) is 9.89 Å². The van der Waals surface area contributed by atoms with E-state index < -0.39 is 0 Å². The first-order valence-corrected chi connectivity index (χ1v) is 5.69. The molecule has 0 aliphatic rings. The Labute approximate surface area is 105 Å². The lowest BCUT2D eigenvalue weighted by Crippen LogP contribution is -2.11. The van der Waals surface area contributed by atoms with E-state index in [2.05, 4.69) is 5.10 Å². The van der Waals surface area contributed by atoms with Crippen molar-refractivity contribution < 1.29 is 9.53 Å². The molecule has 0 bridgehead atoms. The van der Waals surface area contributed by atoms with Crippen molar-refractivity contribution in [2.75, 3.05) is 5.84 Å². The van der Waals surface area contributed by atoms with E-state index in [4.69, 9.17) is 10.6 Å². The van der Waals surface area contributed by atoms with Crippen LogP contribution in [0.5, 0.6) is 5.88 Å². The molecule has 0 spiro atoms. The van der Waals surface area contributed by atoms with Gasteiger partial charge < -0.3 is 10.6 Å². The number of nitrogen functional groups attached to an aromatic ring is 1. The molecule has 0 aliphatic carbocycles. The van der Waals surface area contributed by atoms with Gasteiger partial charge in [0.2, 0.25) is 5.88 Å². The molecule has 18 heavy (non-hydrogen) atoms. The maximum absolute atomic E-state index is 12.3. The van der Waals surface area contributed by atoms with Crippen molar-refractivity contribution in [3.05, 3.63) is 47.7 Å². The Balaban J connectivity index is 2.36. The second kappa shape index (κ2) is 4.91. The second-order valence-corrected chi connectivity index (χ2v) is 4.19. The van der Waals surface area contributed by atoms with E-state index in [1.807, 2.05) is 32.0 Å². The van der Waals surface area contributed by atoms with Crippen molar-refractivity contribution in [3.63, 3.8) is 0 Å². The number of carbonyl (C=O) groups excluding carboxylic acids is 1. The maximum atomic E-state index is 12.3. The van der Waals surface area contributed by atoms with Gasteiger partial charge in [-0.15, -0.1) is 5.10 Å². The molecule has 0 radical (unpaired) electrons. The topological polar surface area (TPSA) is 70.1 Å². The van der Waals surface area contributed by atoms with Gasteiger partial charge in [-0.1, -0.05) is 30.3 Å². The lowest BCUT2D eigenvalue weighted by Gasteiger charge is -2.07. The molecule has 0 amide bonds. The van der Waals surface area contributed by atoms with Gasteiger partial charge in [-0.25, -0.2) is 0 Å². The molecule has 0 atom stereocenters. The van der Waals surface area contributed by atoms with Gasteiger partial charge in [0.15, 0.2) is 5.78 Å². The Morgan fingerprint density at radius 3 is 2.61 bits per heavy atom. The Bertz CT molecular complexity index is 547. The minimum absolute atomic E-state index is 0.0674. The van der Waals surface area contributed by atoms with Crippen LogP contribution >= 0.6 is 0 Å². The van der Waals surface area contributed by atoms with E-state index >= 15 is 0 Å². The van der Waals surface area contributed by atoms with Crippen LogP contribution in [-0.2, 0) is 0 Å². The number of benzene rings is 1. The SMILES string of the molecule is CC(C)Oc1nn(N)cc1C(=O)c1ccccc1. The van der Waals surface area contributed by atoms with Crippen LogP contribution in [0.4, 0.5) is 0 Å². The molecule has 1 heterocycles. The van der Waals surface area contributed by atoms with E-state index in [0.29, 0.717) is 11.1 Å². The third-order valence-electron chi connectivity index (χ3n) is 2.33. The highest BCUT2D eigenvalue weighted by atomic mass is 16.5. The van der Waals surface area contributed by atoms with Gasteiger partial charge >= 0.3 is 0 Å². The van der Waals surface area contributed by atoms with E-state index in [9.17, 15) is 4.79 Å². The summed E-state index contributed by atoms with van der Waals surface area (Å²) in [5, 5.41) is 3.95. The fraction of sp³-hybridized carbons (Fsp3) is 0.231. The summed E-state index contributed by atoms with van der Waals surface area (Å²) in [5.41, 5.74) is 0.955. The molecule has 2 N–H and O–H groups in total. The standard InChI is InChI=1S/C13H15N3O2/c1-9(2)18-13-11(8-16(14)15-13)12(17)10-6-4-3-5-7-10/h3-9H,14H2,1-2H3. The number of hydrogen-bond acceptors (Lipinski definition) is 4. The number of nitrogens with zero attached hydrogens (tertiary/aromatic N) is 2. The number of nitrogens with two attached hydrogens (primary N) is 1. The molecule has 0 saturated carbocycles. The van der Waals surface area contributed by atoms with Gasteiger partial charge in [0, 0.05) is 5.56 Å². The molecule has 0 saturated heterocycles. The van der Waals surface area contributed by atoms with E-state index in [-0.39, 0.29) is 17.8 Å². The predicted molar refractivity (Wildman–Crippen MR) is 68.0 cm³/mol. The highest BCUT2D eigenvalue weighted by Gasteiger charge is 2.19. The summed E-state index contributed by atoms with van der Waals surface area (Å²) >= 11 is 0. The molecular formula is C13H15N3O2. The quantitative estimate of drug-likeness (QED) is 0.656. The summed E-state index contributed by atoms with van der Waals surface area (Å²) in [6.07, 6.45) is 1.40. The average molecular weight is 245 g/mol. The van der Waals surface area contributed by atoms with E-state index in [1.165, 1.54) is 6.20 Å². The molecule has 2 rings (SSSR count). The summed E-state index contributed by atoms with van der Waals surface area (Å²) in [6, 6.07) is 8.96. The predicted octanol–water partition coefficient (Wildman–Crippen LogP) is 1.62. The first-order chi connectivity index (χ1) is 8.58. The summed E-state index contributed by atoms with van der Waals surface area (Å²) in [6.45, 7) is 3.73. The van der Waals surface area contributed by atoms with Gasteiger partial charge in [0.05, 0.1) is 12.3 Å². The van der Waals surface area contributed by atoms with Crippen molar-refractivity contribution in [2.24, 2.45) is 0 Å². The maximum Gasteiger partial charge on any atom is 0.246 e. The lowest BCUT2D eigenvalue weighted by molar-refractivity contribution is 0.103. The Morgan fingerprint density at radius 2 is 2.00 bits per heavy atom. The number of hydrogen-bond donors (Lipinski definition) is 1. The molecule has 2 aromatic rings. The van der Waals surface area contributed by atoms with Gasteiger partial charge in [-0.2, -0.15) is 4.79 Å². The van der Waals surface area contributed by atoms with Crippen LogP contribution in [0.25, 0.3) is 0 Å². The van der Waals surface area contributed by atoms with Gasteiger partial charge in [0.1, 0.15) is 5.56 Å². The van der Waals surface area contributed by atoms with Crippen LogP contribution < -0.4 is 10.6 Å². The monoisotopic (exact) mass is 245 g/mol. The Kier molecular flexibility index (Phi) is 3.32. The summed E-state index contributed by atoms with van der Waals surface area (Å²) in [4.78, 5) is 13.4. The van der Waals surface area contributed by atoms with Crippen LogP contribution in [0.3, 0.4) is 0 Å². The number of carbonyl (C=O) groups is 1. The number of ether oxygens (including phenoxy) is 1. The molecule has 0 unspecified atom stereocenters. The summed E-state index contributed by atoms with van der Waals surface area (Å²) in [7, 11) is 0. The number of aromatic nitrogens is 2. The van der Waals surface area contributed by atoms with Gasteiger partial charge in [0.25, 0.3) is 0 Å². The minimum atomic E-state index is -0.150. The van der Waals surface area contributed by atoms with Gasteiger partial charge in [-0.05, 0) is 13.8 Å². The zero-order valence-electron chi connectivity index (χ0n) is 10.3. The fourth-order valence-corrected chi connectivity index (χ4v) is 1.59. The first-order valence-electron chi connectivity index (χ1n) is 5.69. The zero-order valence-corrected chi connectivity index (χ0v) is 10.3. The van der Waals surface area contributed by atoms with Crippen LogP contribution in [0.2, 0.25) is 0 Å². The lowest BCUT2D eigenvalue weighted by atomic mass is 10.1. The molecular weight excluding hydrogens is 230 g/mol. The van der Waals surface area contributed by atoms with E-state index in [1.54, 1.807) is 12.1 Å². The van der Waals surface area contributed by atoms with Crippen LogP contribution in [0.1, 0.15) is 29.8 Å². The highest BCUT2D eigenvalue weighted by Crippen LogP contribution is 2.20. The fourth-order valence-electron chi connectivity index (χ4n) is 1.59. The smallest absolute Gasteiger partial charge is 0.246 e. The van der Waals surface area contributed by atoms with Crippen molar-refractivity contribution in [3.8, 4) is 5.88 Å². The third-order valence-corrected chi connectivity index (χ3v) is 2.33. The number of ketones is 1. The molecule has 5 nitrogen and oxygen atoms in total. The van der Waals surface area contributed by atoms with Gasteiger partial charge in [-0.3, -0.25) is 4.79 Å². The molecule has 1 aromatic heterocycles. The largest absolute Gasteiger partial charge is 0.473 e. The molecule has 0 aliphatic heterocycles. The third kappa shape index (κ3) is 2.51. The Morgan fingerprint density at radius 1 is 1.33 bits per heavy atom. The van der Waals surface area contributed by atoms with Crippen molar-refractivity contribution in [1.29, 1.82) is 0 Å². The molecule has 0 fully saturated rings. The van der Waals surface area contributed by atoms with Crippen LogP contribution in [0.15, 0.2) is 36.5 Å². The average Bonchev–Trinajstić information content (AvgIpc) is 2.69.